The van der Waals surface area contributed by atoms with Crippen LogP contribution in [0.1, 0.15) is 26.2 Å². The van der Waals surface area contributed by atoms with Gasteiger partial charge in [0.15, 0.2) is 6.67 Å². The van der Waals surface area contributed by atoms with Crippen LogP contribution in [0.4, 0.5) is 4.39 Å². The fourth-order valence-electron chi connectivity index (χ4n) is 0.577. The number of alkyl halides is 1. The average molecular weight is 148 g/mol. The summed E-state index contributed by atoms with van der Waals surface area (Å²) in [7, 11) is 0. The van der Waals surface area contributed by atoms with Gasteiger partial charge in [0.2, 0.25) is 0 Å². The van der Waals surface area contributed by atoms with Crippen molar-refractivity contribution in [3.63, 3.8) is 0 Å². The van der Waals surface area contributed by atoms with Gasteiger partial charge in [-0.25, -0.2) is 9.18 Å². The molecule has 0 saturated heterocycles. The normalized spacial score (nSPS) is 9.40. The van der Waals surface area contributed by atoms with Gasteiger partial charge in [-0.05, 0) is 6.42 Å². The van der Waals surface area contributed by atoms with Gasteiger partial charge in [-0.1, -0.05) is 19.8 Å². The molecule has 0 unspecified atom stereocenters. The number of hydrogen-bond donors (Lipinski definition) is 0. The van der Waals surface area contributed by atoms with Crippen molar-refractivity contribution < 1.29 is 13.9 Å². The Bertz CT molecular complexity index is 93.6. The van der Waals surface area contributed by atoms with Gasteiger partial charge in [0.1, 0.15) is 0 Å². The SMILES string of the molecule is CCCCCOC(=O)CF. The fraction of sp³-hybridized carbons (Fsp3) is 0.857. The predicted molar refractivity (Wildman–Crippen MR) is 36.5 cm³/mol. The van der Waals surface area contributed by atoms with E-state index in [-0.39, 0.29) is 0 Å². The molecule has 0 spiro atoms. The van der Waals surface area contributed by atoms with Gasteiger partial charge >= 0.3 is 5.97 Å². The van der Waals surface area contributed by atoms with E-state index in [1.165, 1.54) is 0 Å². The molecule has 0 N–H and O–H groups in total. The minimum Gasteiger partial charge on any atom is -0.464 e. The number of carbonyl (C=O) groups is 1. The minimum atomic E-state index is -1.01. The van der Waals surface area contributed by atoms with Gasteiger partial charge < -0.3 is 4.74 Å². The highest BCUT2D eigenvalue weighted by atomic mass is 19.1. The lowest BCUT2D eigenvalue weighted by atomic mass is 10.3. The number of halogens is 1. The Morgan fingerprint density at radius 2 is 2.20 bits per heavy atom. The van der Waals surface area contributed by atoms with E-state index in [0.717, 1.165) is 19.3 Å². The first-order chi connectivity index (χ1) is 4.81. The van der Waals surface area contributed by atoms with E-state index in [4.69, 9.17) is 0 Å². The lowest BCUT2D eigenvalue weighted by molar-refractivity contribution is -0.144. The number of unbranched alkanes of at least 4 members (excludes halogenated alkanes) is 2. The Kier molecular flexibility index (Phi) is 6.13. The molecule has 60 valence electrons. The van der Waals surface area contributed by atoms with Crippen LogP contribution in [-0.4, -0.2) is 19.3 Å². The fourth-order valence-corrected chi connectivity index (χ4v) is 0.577. The molecular weight excluding hydrogens is 135 g/mol. The summed E-state index contributed by atoms with van der Waals surface area (Å²) in [5.41, 5.74) is 0. The molecule has 0 aromatic rings. The van der Waals surface area contributed by atoms with Crippen molar-refractivity contribution in [2.45, 2.75) is 26.2 Å². The summed E-state index contributed by atoms with van der Waals surface area (Å²) in [5.74, 6) is -0.754. The molecular formula is C7H13FO2. The first-order valence-electron chi connectivity index (χ1n) is 3.52. The Balaban J connectivity index is 2.96. The van der Waals surface area contributed by atoms with Crippen molar-refractivity contribution in [1.29, 1.82) is 0 Å². The maximum Gasteiger partial charge on any atom is 0.337 e. The monoisotopic (exact) mass is 148 g/mol. The molecule has 0 aliphatic heterocycles. The molecule has 3 heteroatoms. The third kappa shape index (κ3) is 5.54. The molecule has 0 aromatic carbocycles. The Hall–Kier alpha value is -0.600. The number of ether oxygens (including phenoxy) is 1. The quantitative estimate of drug-likeness (QED) is 0.438. The Labute approximate surface area is 60.4 Å². The highest BCUT2D eigenvalue weighted by Crippen LogP contribution is 1.94. The molecule has 0 saturated carbocycles. The topological polar surface area (TPSA) is 26.3 Å². The van der Waals surface area contributed by atoms with Crippen molar-refractivity contribution >= 4 is 5.97 Å². The highest BCUT2D eigenvalue weighted by molar-refractivity contribution is 5.70. The summed E-state index contributed by atoms with van der Waals surface area (Å²) in [6.07, 6.45) is 2.94. The van der Waals surface area contributed by atoms with Gasteiger partial charge in [0.05, 0.1) is 6.61 Å². The zero-order valence-electron chi connectivity index (χ0n) is 6.23. The van der Waals surface area contributed by atoms with Crippen LogP contribution < -0.4 is 0 Å². The first kappa shape index (κ1) is 9.40. The average Bonchev–Trinajstić information content (AvgIpc) is 1.98. The zero-order valence-corrected chi connectivity index (χ0v) is 6.23. The Morgan fingerprint density at radius 1 is 1.50 bits per heavy atom. The van der Waals surface area contributed by atoms with Crippen molar-refractivity contribution in [2.24, 2.45) is 0 Å². The van der Waals surface area contributed by atoms with E-state index in [2.05, 4.69) is 11.7 Å². The van der Waals surface area contributed by atoms with Gasteiger partial charge in [-0.2, -0.15) is 0 Å². The second-order valence-corrected chi connectivity index (χ2v) is 2.06. The molecule has 0 aliphatic carbocycles. The minimum absolute atomic E-state index is 0.358. The molecule has 0 fully saturated rings. The largest absolute Gasteiger partial charge is 0.464 e. The van der Waals surface area contributed by atoms with Crippen LogP contribution in [0.2, 0.25) is 0 Å². The van der Waals surface area contributed by atoms with E-state index in [1.807, 2.05) is 0 Å². The molecule has 0 rings (SSSR count). The van der Waals surface area contributed by atoms with Gasteiger partial charge in [0, 0.05) is 0 Å². The van der Waals surface area contributed by atoms with E-state index < -0.39 is 12.6 Å². The molecule has 10 heavy (non-hydrogen) atoms. The van der Waals surface area contributed by atoms with Crippen LogP contribution in [0.25, 0.3) is 0 Å². The lowest BCUT2D eigenvalue weighted by Gasteiger charge is -1.99. The molecule has 0 atom stereocenters. The van der Waals surface area contributed by atoms with Gasteiger partial charge in [-0.15, -0.1) is 0 Å². The van der Waals surface area contributed by atoms with Gasteiger partial charge in [0.25, 0.3) is 0 Å². The molecule has 0 aromatic heterocycles. The molecule has 0 aliphatic rings. The summed E-state index contributed by atoms with van der Waals surface area (Å²) >= 11 is 0. The highest BCUT2D eigenvalue weighted by Gasteiger charge is 1.98. The van der Waals surface area contributed by atoms with Crippen molar-refractivity contribution in [1.82, 2.24) is 0 Å². The van der Waals surface area contributed by atoms with Crippen LogP contribution in [0.3, 0.4) is 0 Å². The van der Waals surface area contributed by atoms with E-state index in [1.54, 1.807) is 0 Å². The second-order valence-electron chi connectivity index (χ2n) is 2.06. The standard InChI is InChI=1S/C7H13FO2/c1-2-3-4-5-10-7(9)6-8/h2-6H2,1H3. The van der Waals surface area contributed by atoms with Crippen LogP contribution in [0.15, 0.2) is 0 Å². The zero-order chi connectivity index (χ0) is 7.82. The van der Waals surface area contributed by atoms with Crippen LogP contribution in [0, 0.1) is 0 Å². The first-order valence-corrected chi connectivity index (χ1v) is 3.52. The summed E-state index contributed by atoms with van der Waals surface area (Å²) in [6, 6.07) is 0. The predicted octanol–water partition coefficient (Wildman–Crippen LogP) is 1.69. The number of esters is 1. The second kappa shape index (κ2) is 6.52. The smallest absolute Gasteiger partial charge is 0.337 e. The maximum absolute atomic E-state index is 11.4. The van der Waals surface area contributed by atoms with Crippen molar-refractivity contribution in [3.05, 3.63) is 0 Å². The van der Waals surface area contributed by atoms with Crippen LogP contribution >= 0.6 is 0 Å². The van der Waals surface area contributed by atoms with Crippen molar-refractivity contribution in [3.8, 4) is 0 Å². The van der Waals surface area contributed by atoms with E-state index in [0.29, 0.717) is 6.61 Å². The third-order valence-corrected chi connectivity index (χ3v) is 1.12. The van der Waals surface area contributed by atoms with Crippen molar-refractivity contribution in [2.75, 3.05) is 13.3 Å². The van der Waals surface area contributed by atoms with E-state index >= 15 is 0 Å². The molecule has 0 radical (unpaired) electrons. The van der Waals surface area contributed by atoms with Gasteiger partial charge in [-0.3, -0.25) is 0 Å². The molecule has 0 amide bonds. The van der Waals surface area contributed by atoms with Crippen LogP contribution in [0.5, 0.6) is 0 Å². The van der Waals surface area contributed by atoms with Crippen LogP contribution in [-0.2, 0) is 9.53 Å². The molecule has 0 heterocycles. The summed E-state index contributed by atoms with van der Waals surface area (Å²) in [6.45, 7) is 1.40. The number of carbonyl (C=O) groups excluding carboxylic acids is 1. The number of hydrogen-bond acceptors (Lipinski definition) is 2. The maximum atomic E-state index is 11.4. The number of rotatable bonds is 5. The lowest BCUT2D eigenvalue weighted by Crippen LogP contribution is -2.06. The molecule has 2 nitrogen and oxygen atoms in total. The third-order valence-electron chi connectivity index (χ3n) is 1.12. The van der Waals surface area contributed by atoms with E-state index in [9.17, 15) is 9.18 Å². The summed E-state index contributed by atoms with van der Waals surface area (Å²) < 4.78 is 15.9. The Morgan fingerprint density at radius 3 is 2.70 bits per heavy atom. The molecule has 0 bridgehead atoms. The summed E-state index contributed by atoms with van der Waals surface area (Å²) in [5, 5.41) is 0. The summed E-state index contributed by atoms with van der Waals surface area (Å²) in [4.78, 5) is 10.2.